The third kappa shape index (κ3) is 7.80. The minimum atomic E-state index is -3.10. The van der Waals surface area contributed by atoms with Crippen molar-refractivity contribution in [2.75, 3.05) is 13.7 Å². The summed E-state index contributed by atoms with van der Waals surface area (Å²) in [5.41, 5.74) is 0.000791. The lowest BCUT2D eigenvalue weighted by molar-refractivity contribution is 0.0361. The van der Waals surface area contributed by atoms with E-state index in [2.05, 4.69) is 10.9 Å². The predicted molar refractivity (Wildman–Crippen MR) is 177 cm³/mol. The number of carbonyl (C=O) groups is 1. The van der Waals surface area contributed by atoms with Crippen LogP contribution < -0.4 is 16.0 Å². The summed E-state index contributed by atoms with van der Waals surface area (Å²) >= 11 is 0. The molecule has 0 spiro atoms. The predicted octanol–water partition coefficient (Wildman–Crippen LogP) is 5.70. The van der Waals surface area contributed by atoms with Crippen molar-refractivity contribution in [3.05, 3.63) is 122 Å². The van der Waals surface area contributed by atoms with E-state index in [4.69, 9.17) is 13.7 Å². The number of carbonyl (C=O) groups excluding carboxylic acids is 1. The fourth-order valence-electron chi connectivity index (χ4n) is 5.02. The van der Waals surface area contributed by atoms with E-state index in [1.165, 1.54) is 36.8 Å². The number of hydrogen-bond acceptors (Lipinski definition) is 7. The summed E-state index contributed by atoms with van der Waals surface area (Å²) < 4.78 is 59.0. The molecule has 1 aliphatic heterocycles. The summed E-state index contributed by atoms with van der Waals surface area (Å²) in [5.74, 6) is 2.32. The SMILES string of the molecule is C=S1(=O)OC[C@@H](c2ccccc2)N1C(=O)OC(C)(C)C.COc1cccc(-c2c(C)n(Cc3c(C)cccc3F)c(=O)[nH]c2=O)c1F. The van der Waals surface area contributed by atoms with Gasteiger partial charge in [-0.2, -0.15) is 0 Å². The van der Waals surface area contributed by atoms with Gasteiger partial charge in [0.2, 0.25) is 0 Å². The first kappa shape index (κ1) is 35.1. The molecule has 0 saturated carbocycles. The van der Waals surface area contributed by atoms with E-state index in [1.807, 2.05) is 30.3 Å². The molecule has 0 aliphatic carbocycles. The quantitative estimate of drug-likeness (QED) is 0.271. The van der Waals surface area contributed by atoms with Crippen LogP contribution in [-0.2, 0) is 25.5 Å². The van der Waals surface area contributed by atoms with E-state index in [-0.39, 0.29) is 35.7 Å². The second kappa shape index (κ2) is 13.9. The van der Waals surface area contributed by atoms with Crippen LogP contribution in [0.2, 0.25) is 0 Å². The normalized spacial score (nSPS) is 17.5. The monoisotopic (exact) mass is 669 g/mol. The molecule has 1 saturated heterocycles. The van der Waals surface area contributed by atoms with Gasteiger partial charge in [-0.25, -0.2) is 26.9 Å². The summed E-state index contributed by atoms with van der Waals surface area (Å²) in [7, 11) is -1.78. The largest absolute Gasteiger partial charge is 0.494 e. The Bertz CT molecular complexity index is 1980. The Kier molecular flexibility index (Phi) is 10.4. The molecule has 0 radical (unpaired) electrons. The molecule has 5 rings (SSSR count). The highest BCUT2D eigenvalue weighted by atomic mass is 32.2. The van der Waals surface area contributed by atoms with Gasteiger partial charge >= 0.3 is 11.8 Å². The van der Waals surface area contributed by atoms with Gasteiger partial charge in [0, 0.05) is 22.7 Å². The molecular weight excluding hydrogens is 632 g/mol. The fraction of sp³-hybridized carbons (Fsp3) is 0.294. The molecule has 47 heavy (non-hydrogen) atoms. The number of hydrogen-bond donors (Lipinski definition) is 1. The zero-order valence-corrected chi connectivity index (χ0v) is 27.8. The highest BCUT2D eigenvalue weighted by Crippen LogP contribution is 2.33. The summed E-state index contributed by atoms with van der Waals surface area (Å²) in [4.78, 5) is 39.2. The second-order valence-electron chi connectivity index (χ2n) is 11.8. The van der Waals surface area contributed by atoms with Gasteiger partial charge in [0.05, 0.1) is 25.8 Å². The third-order valence-corrected chi connectivity index (χ3v) is 8.84. The number of methoxy groups -OCH3 is 1. The number of amides is 1. The Balaban J connectivity index is 0.000000223. The lowest BCUT2D eigenvalue weighted by Crippen LogP contribution is -2.39. The maximum Gasteiger partial charge on any atom is 0.424 e. The lowest BCUT2D eigenvalue weighted by atomic mass is 10.0. The highest BCUT2D eigenvalue weighted by molar-refractivity contribution is 7.94. The number of ether oxygens (including phenoxy) is 2. The lowest BCUT2D eigenvalue weighted by Gasteiger charge is -2.27. The fourth-order valence-corrected chi connectivity index (χ4v) is 6.31. The van der Waals surface area contributed by atoms with Crippen molar-refractivity contribution in [3.8, 4) is 16.9 Å². The van der Waals surface area contributed by atoms with Crippen molar-refractivity contribution in [1.29, 1.82) is 0 Å². The number of H-pyrrole nitrogens is 1. The Morgan fingerprint density at radius 1 is 1.04 bits per heavy atom. The number of aryl methyl sites for hydroxylation is 1. The van der Waals surface area contributed by atoms with Crippen LogP contribution >= 0.6 is 0 Å². The molecule has 2 atom stereocenters. The Hall–Kier alpha value is -4.75. The summed E-state index contributed by atoms with van der Waals surface area (Å²) in [6.07, 6.45) is -0.677. The Morgan fingerprint density at radius 2 is 1.70 bits per heavy atom. The van der Waals surface area contributed by atoms with Crippen molar-refractivity contribution in [3.63, 3.8) is 0 Å². The molecule has 1 amide bonds. The molecule has 1 aromatic heterocycles. The molecule has 1 fully saturated rings. The maximum absolute atomic E-state index is 14.7. The van der Waals surface area contributed by atoms with E-state index in [0.29, 0.717) is 11.1 Å². The number of rotatable bonds is 5. The van der Waals surface area contributed by atoms with Crippen molar-refractivity contribution in [2.45, 2.75) is 52.8 Å². The van der Waals surface area contributed by atoms with Gasteiger partial charge in [0.1, 0.15) is 17.5 Å². The Labute approximate surface area is 271 Å². The third-order valence-electron chi connectivity index (χ3n) is 7.33. The van der Waals surface area contributed by atoms with Crippen molar-refractivity contribution in [1.82, 2.24) is 13.9 Å². The van der Waals surface area contributed by atoms with Gasteiger partial charge in [-0.3, -0.25) is 18.5 Å². The van der Waals surface area contributed by atoms with Gasteiger partial charge in [-0.1, -0.05) is 54.6 Å². The summed E-state index contributed by atoms with van der Waals surface area (Å²) in [5, 5.41) is 0. The molecule has 0 bridgehead atoms. The molecule has 1 aliphatic rings. The number of nitrogens with zero attached hydrogens (tertiary/aromatic N) is 2. The average Bonchev–Trinajstić information content (AvgIpc) is 3.32. The molecule has 4 aromatic rings. The van der Waals surface area contributed by atoms with E-state index in [9.17, 15) is 27.4 Å². The van der Waals surface area contributed by atoms with Crippen LogP contribution in [-0.4, -0.2) is 49.3 Å². The van der Waals surface area contributed by atoms with Crippen LogP contribution in [0.15, 0.2) is 76.3 Å². The number of aromatic nitrogens is 2. The molecule has 2 heterocycles. The molecule has 3 aromatic carbocycles. The standard InChI is InChI=1S/C20H18F2N2O3.C14H19NO4S/c1-11-6-4-8-15(21)14(11)10-24-12(2)17(19(25)23-20(24)26)13-7-5-9-16(27-3)18(13)22;1-14(2,3)19-13(16)15-12(10-18-20(15,4)17)11-8-6-5-7-9-11/h4-9H,10H2,1-3H3,(H,23,25,26);5-9,12H,4,10H2,1-3H3/t;12-,20?/m.0/s1. The van der Waals surface area contributed by atoms with Crippen molar-refractivity contribution >= 4 is 22.0 Å². The molecule has 250 valence electrons. The van der Waals surface area contributed by atoms with Crippen LogP contribution in [0, 0.1) is 25.5 Å². The van der Waals surface area contributed by atoms with Crippen LogP contribution in [0.1, 0.15) is 49.2 Å². The van der Waals surface area contributed by atoms with Gasteiger partial charge in [0.25, 0.3) is 5.56 Å². The topological polar surface area (TPSA) is 120 Å². The molecule has 10 nitrogen and oxygen atoms in total. The van der Waals surface area contributed by atoms with Crippen LogP contribution in [0.25, 0.3) is 11.1 Å². The highest BCUT2D eigenvalue weighted by Gasteiger charge is 2.41. The maximum atomic E-state index is 14.7. The Morgan fingerprint density at radius 3 is 2.32 bits per heavy atom. The van der Waals surface area contributed by atoms with E-state index in [0.717, 1.165) is 9.87 Å². The van der Waals surface area contributed by atoms with Crippen LogP contribution in [0.3, 0.4) is 0 Å². The zero-order chi connectivity index (χ0) is 34.7. The first-order valence-corrected chi connectivity index (χ1v) is 16.2. The first-order chi connectivity index (χ1) is 22.1. The average molecular weight is 670 g/mol. The smallest absolute Gasteiger partial charge is 0.424 e. The number of nitrogens with one attached hydrogen (secondary N) is 1. The summed E-state index contributed by atoms with van der Waals surface area (Å²) in [6.45, 7) is 8.58. The second-order valence-corrected chi connectivity index (χ2v) is 13.6. The van der Waals surface area contributed by atoms with Gasteiger partial charge < -0.3 is 9.47 Å². The van der Waals surface area contributed by atoms with E-state index in [1.54, 1.807) is 45.9 Å². The number of benzene rings is 3. The van der Waals surface area contributed by atoms with Crippen LogP contribution in [0.4, 0.5) is 13.6 Å². The first-order valence-electron chi connectivity index (χ1n) is 14.5. The molecule has 13 heteroatoms. The number of halogens is 2. The minimum absolute atomic E-state index is 0.00000709. The zero-order valence-electron chi connectivity index (χ0n) is 27.0. The van der Waals surface area contributed by atoms with Gasteiger partial charge in [-0.05, 0) is 57.9 Å². The van der Waals surface area contributed by atoms with Crippen molar-refractivity contribution in [2.24, 2.45) is 0 Å². The van der Waals surface area contributed by atoms with Crippen LogP contribution in [0.5, 0.6) is 5.75 Å². The number of aromatic amines is 1. The molecular formula is C34H37F2N3O7S. The molecule has 1 N–H and O–H groups in total. The van der Waals surface area contributed by atoms with E-state index >= 15 is 0 Å². The van der Waals surface area contributed by atoms with Gasteiger partial charge in [0.15, 0.2) is 21.6 Å². The van der Waals surface area contributed by atoms with E-state index < -0.39 is 50.6 Å². The molecule has 1 unspecified atom stereocenters. The minimum Gasteiger partial charge on any atom is -0.494 e. The van der Waals surface area contributed by atoms with Gasteiger partial charge in [-0.15, -0.1) is 0 Å². The van der Waals surface area contributed by atoms with Crippen molar-refractivity contribution < 1.29 is 31.4 Å². The summed E-state index contributed by atoms with van der Waals surface area (Å²) in [6, 6.07) is 17.9.